The van der Waals surface area contributed by atoms with E-state index in [1.807, 2.05) is 24.3 Å². The fourth-order valence-corrected chi connectivity index (χ4v) is 4.04. The molecule has 4 heteroatoms. The van der Waals surface area contributed by atoms with E-state index in [4.69, 9.17) is 16.0 Å². The van der Waals surface area contributed by atoms with Crippen molar-refractivity contribution in [3.8, 4) is 0 Å². The first-order chi connectivity index (χ1) is 8.70. The second-order valence-corrected chi connectivity index (χ2v) is 5.87. The third kappa shape index (κ3) is 3.01. The van der Waals surface area contributed by atoms with Gasteiger partial charge in [0.1, 0.15) is 5.76 Å². The molecule has 0 aliphatic rings. The van der Waals surface area contributed by atoms with Gasteiger partial charge in [-0.25, -0.2) is 0 Å². The van der Waals surface area contributed by atoms with Gasteiger partial charge in [0.15, 0.2) is 0 Å². The van der Waals surface area contributed by atoms with Gasteiger partial charge < -0.3 is 4.42 Å². The lowest BCUT2D eigenvalue weighted by Gasteiger charge is -2.30. The van der Waals surface area contributed by atoms with E-state index in [0.29, 0.717) is 0 Å². The number of halogens is 3. The van der Waals surface area contributed by atoms with Crippen molar-refractivity contribution in [3.05, 3.63) is 59.0 Å². The fourth-order valence-electron chi connectivity index (χ4n) is 1.94. The average Bonchev–Trinajstić information content (AvgIpc) is 2.90. The van der Waals surface area contributed by atoms with Crippen LogP contribution < -0.4 is 0 Å². The monoisotopic (exact) mass is 390 g/mol. The van der Waals surface area contributed by atoms with Crippen molar-refractivity contribution in [2.45, 2.75) is 11.8 Å². The van der Waals surface area contributed by atoms with Crippen LogP contribution in [0.3, 0.4) is 0 Å². The minimum atomic E-state index is -0.0254. The molecule has 0 amide bonds. The molecule has 2 aromatic rings. The van der Waals surface area contributed by atoms with Crippen LogP contribution in [0.2, 0.25) is 5.02 Å². The highest BCUT2D eigenvalue weighted by Gasteiger charge is 2.31. The maximum atomic E-state index is 5.95. The van der Waals surface area contributed by atoms with Crippen LogP contribution >= 0.6 is 43.5 Å². The third-order valence-corrected chi connectivity index (χ3v) is 5.46. The van der Waals surface area contributed by atoms with Crippen molar-refractivity contribution in [2.24, 2.45) is 0 Å². The molecule has 0 spiro atoms. The van der Waals surface area contributed by atoms with Gasteiger partial charge in [-0.15, -0.1) is 0 Å². The Morgan fingerprint density at radius 2 is 1.72 bits per heavy atom. The Balaban J connectivity index is 2.33. The highest BCUT2D eigenvalue weighted by Crippen LogP contribution is 2.33. The molecule has 0 saturated carbocycles. The molecule has 0 N–H and O–H groups in total. The molecular weight excluding hydrogens is 379 g/mol. The Bertz CT molecular complexity index is 475. The van der Waals surface area contributed by atoms with E-state index in [1.165, 1.54) is 5.56 Å². The number of hydrogen-bond acceptors (Lipinski definition) is 1. The highest BCUT2D eigenvalue weighted by molar-refractivity contribution is 9.09. The van der Waals surface area contributed by atoms with Crippen LogP contribution in [0.15, 0.2) is 47.1 Å². The van der Waals surface area contributed by atoms with Gasteiger partial charge >= 0.3 is 0 Å². The number of furan rings is 1. The molecule has 2 rings (SSSR count). The number of rotatable bonds is 5. The molecule has 0 saturated heterocycles. The molecule has 1 aromatic heterocycles. The molecule has 1 heterocycles. The smallest absolute Gasteiger partial charge is 0.104 e. The lowest BCUT2D eigenvalue weighted by molar-refractivity contribution is 0.443. The van der Waals surface area contributed by atoms with E-state index in [9.17, 15) is 0 Å². The van der Waals surface area contributed by atoms with Crippen molar-refractivity contribution in [1.29, 1.82) is 0 Å². The van der Waals surface area contributed by atoms with Crippen molar-refractivity contribution >= 4 is 43.5 Å². The van der Waals surface area contributed by atoms with Gasteiger partial charge in [-0.3, -0.25) is 0 Å². The molecule has 0 bridgehead atoms. The first-order valence-corrected chi connectivity index (χ1v) is 8.23. The summed E-state index contributed by atoms with van der Waals surface area (Å²) >= 11 is 13.2. The molecule has 1 aromatic carbocycles. The fraction of sp³-hybridized carbons (Fsp3) is 0.286. The van der Waals surface area contributed by atoms with E-state index in [0.717, 1.165) is 27.9 Å². The van der Waals surface area contributed by atoms with Crippen LogP contribution in [0.25, 0.3) is 0 Å². The van der Waals surface area contributed by atoms with Gasteiger partial charge in [-0.2, -0.15) is 0 Å². The summed E-state index contributed by atoms with van der Waals surface area (Å²) in [7, 11) is 0. The van der Waals surface area contributed by atoms with Gasteiger partial charge in [0, 0.05) is 27.5 Å². The topological polar surface area (TPSA) is 13.1 Å². The summed E-state index contributed by atoms with van der Waals surface area (Å²) in [6, 6.07) is 11.9. The molecule has 18 heavy (non-hydrogen) atoms. The van der Waals surface area contributed by atoms with E-state index in [2.05, 4.69) is 44.0 Å². The van der Waals surface area contributed by atoms with Gasteiger partial charge in [-0.1, -0.05) is 55.6 Å². The molecule has 0 unspecified atom stereocenters. The van der Waals surface area contributed by atoms with Crippen LogP contribution in [0, 0.1) is 0 Å². The van der Waals surface area contributed by atoms with Gasteiger partial charge in [0.25, 0.3) is 0 Å². The van der Waals surface area contributed by atoms with Crippen molar-refractivity contribution in [3.63, 3.8) is 0 Å². The van der Waals surface area contributed by atoms with Crippen molar-refractivity contribution < 1.29 is 4.42 Å². The molecule has 0 aliphatic heterocycles. The normalized spacial score (nSPS) is 11.7. The largest absolute Gasteiger partial charge is 0.469 e. The first kappa shape index (κ1) is 14.2. The molecule has 0 atom stereocenters. The number of alkyl halides is 2. The predicted molar refractivity (Wildman–Crippen MR) is 83.1 cm³/mol. The van der Waals surface area contributed by atoms with E-state index < -0.39 is 0 Å². The highest BCUT2D eigenvalue weighted by atomic mass is 79.9. The molecule has 96 valence electrons. The van der Waals surface area contributed by atoms with E-state index in [1.54, 1.807) is 6.26 Å². The lowest BCUT2D eigenvalue weighted by atomic mass is 9.81. The Kier molecular flexibility index (Phi) is 4.93. The first-order valence-electron chi connectivity index (χ1n) is 5.60. The molecule has 0 radical (unpaired) electrons. The standard InChI is InChI=1S/C14H13Br2ClO/c15-9-14(10-16,8-13-2-1-7-18-13)11-3-5-12(17)6-4-11/h1-7H,8-10H2. The minimum Gasteiger partial charge on any atom is -0.469 e. The van der Waals surface area contributed by atoms with Crippen LogP contribution in [0.1, 0.15) is 11.3 Å². The van der Waals surface area contributed by atoms with Crippen LogP contribution in [-0.2, 0) is 11.8 Å². The zero-order valence-electron chi connectivity index (χ0n) is 9.70. The lowest BCUT2D eigenvalue weighted by Crippen LogP contribution is -2.32. The third-order valence-electron chi connectivity index (χ3n) is 3.06. The summed E-state index contributed by atoms with van der Waals surface area (Å²) in [4.78, 5) is 0. The SMILES string of the molecule is Clc1ccc(C(CBr)(CBr)Cc2ccco2)cc1. The van der Waals surface area contributed by atoms with Crippen molar-refractivity contribution in [2.75, 3.05) is 10.7 Å². The molecule has 0 aliphatic carbocycles. The predicted octanol–water partition coefficient (Wildman–Crippen LogP) is 5.20. The quantitative estimate of drug-likeness (QED) is 0.637. The maximum Gasteiger partial charge on any atom is 0.104 e. The summed E-state index contributed by atoms with van der Waals surface area (Å²) in [5.41, 5.74) is 1.22. The second kappa shape index (κ2) is 6.27. The Hall–Kier alpha value is -0.250. The van der Waals surface area contributed by atoms with Crippen molar-refractivity contribution in [1.82, 2.24) is 0 Å². The van der Waals surface area contributed by atoms with Crippen LogP contribution in [0.5, 0.6) is 0 Å². The molecule has 0 fully saturated rings. The summed E-state index contributed by atoms with van der Waals surface area (Å²) in [6.07, 6.45) is 2.56. The van der Waals surface area contributed by atoms with E-state index >= 15 is 0 Å². The Labute approximate surface area is 129 Å². The zero-order chi connectivity index (χ0) is 13.0. The summed E-state index contributed by atoms with van der Waals surface area (Å²) in [5, 5.41) is 2.47. The maximum absolute atomic E-state index is 5.95. The van der Waals surface area contributed by atoms with Gasteiger partial charge in [0.2, 0.25) is 0 Å². The van der Waals surface area contributed by atoms with Gasteiger partial charge in [0.05, 0.1) is 6.26 Å². The van der Waals surface area contributed by atoms with Crippen LogP contribution in [0.4, 0.5) is 0 Å². The van der Waals surface area contributed by atoms with E-state index in [-0.39, 0.29) is 5.41 Å². The number of benzene rings is 1. The second-order valence-electron chi connectivity index (χ2n) is 4.31. The molecular formula is C14H13Br2ClO. The summed E-state index contributed by atoms with van der Waals surface area (Å²) in [5.74, 6) is 0.990. The zero-order valence-corrected chi connectivity index (χ0v) is 13.6. The van der Waals surface area contributed by atoms with Crippen LogP contribution in [-0.4, -0.2) is 10.7 Å². The average molecular weight is 393 g/mol. The summed E-state index contributed by atoms with van der Waals surface area (Å²) in [6.45, 7) is 0. The van der Waals surface area contributed by atoms with Gasteiger partial charge in [-0.05, 0) is 29.8 Å². The minimum absolute atomic E-state index is 0.0254. The summed E-state index contributed by atoms with van der Waals surface area (Å²) < 4.78 is 5.47. The molecule has 1 nitrogen and oxygen atoms in total. The number of hydrogen-bond donors (Lipinski definition) is 0. The Morgan fingerprint density at radius 1 is 1.06 bits per heavy atom. The Morgan fingerprint density at radius 3 is 2.22 bits per heavy atom.